The second kappa shape index (κ2) is 9.76. The first kappa shape index (κ1) is 20.6. The van der Waals surface area contributed by atoms with Gasteiger partial charge in [-0.3, -0.25) is 4.79 Å². The molecule has 1 aromatic rings. The van der Waals surface area contributed by atoms with Gasteiger partial charge in [-0.1, -0.05) is 19.9 Å². The molecule has 0 atom stereocenters. The quantitative estimate of drug-likeness (QED) is 0.629. The van der Waals surface area contributed by atoms with Crippen LogP contribution in [0.5, 0.6) is 0 Å². The molecule has 0 aliphatic heterocycles. The largest absolute Gasteiger partial charge is 0.383 e. The zero-order chi connectivity index (χ0) is 18.2. The molecule has 24 heavy (non-hydrogen) atoms. The van der Waals surface area contributed by atoms with Crippen LogP contribution in [0, 0.1) is 12.8 Å². The second-order valence-electron chi connectivity index (χ2n) is 6.16. The van der Waals surface area contributed by atoms with Gasteiger partial charge >= 0.3 is 0 Å². The monoisotopic (exact) mass is 356 g/mol. The third-order valence-corrected chi connectivity index (χ3v) is 5.06. The molecule has 7 heteroatoms. The topological polar surface area (TPSA) is 84.5 Å². The predicted octanol–water partition coefficient (Wildman–Crippen LogP) is 2.09. The van der Waals surface area contributed by atoms with E-state index in [0.29, 0.717) is 18.0 Å². The van der Waals surface area contributed by atoms with E-state index >= 15 is 0 Å². The Hall–Kier alpha value is -1.44. The average molecular weight is 356 g/mol. The van der Waals surface area contributed by atoms with Gasteiger partial charge in [-0.2, -0.15) is 0 Å². The van der Waals surface area contributed by atoms with Crippen LogP contribution in [-0.2, 0) is 14.8 Å². The summed E-state index contributed by atoms with van der Waals surface area (Å²) in [6.07, 6.45) is 1.94. The highest BCUT2D eigenvalue weighted by Gasteiger charge is 2.17. The van der Waals surface area contributed by atoms with E-state index in [1.807, 2.05) is 0 Å². The van der Waals surface area contributed by atoms with Gasteiger partial charge in [0.15, 0.2) is 0 Å². The average Bonchev–Trinajstić information content (AvgIpc) is 2.51. The number of hydrogen-bond donors (Lipinski definition) is 2. The van der Waals surface area contributed by atoms with Gasteiger partial charge in [-0.25, -0.2) is 13.1 Å². The van der Waals surface area contributed by atoms with Crippen molar-refractivity contribution in [3.63, 3.8) is 0 Å². The summed E-state index contributed by atoms with van der Waals surface area (Å²) in [4.78, 5) is 12.4. The molecular formula is C17H28N2O4S. The molecule has 136 valence electrons. The van der Waals surface area contributed by atoms with Crippen molar-refractivity contribution in [2.24, 2.45) is 5.92 Å². The Labute approximate surface area is 145 Å². The van der Waals surface area contributed by atoms with E-state index in [0.717, 1.165) is 18.4 Å². The molecule has 0 fully saturated rings. The second-order valence-corrected chi connectivity index (χ2v) is 7.93. The van der Waals surface area contributed by atoms with Gasteiger partial charge in [0.05, 0.1) is 11.5 Å². The molecule has 0 aromatic heterocycles. The summed E-state index contributed by atoms with van der Waals surface area (Å²) < 4.78 is 31.7. The highest BCUT2D eigenvalue weighted by atomic mass is 32.2. The van der Waals surface area contributed by atoms with Crippen LogP contribution < -0.4 is 10.0 Å². The molecule has 0 saturated carbocycles. The van der Waals surface area contributed by atoms with Crippen molar-refractivity contribution in [1.82, 2.24) is 10.0 Å². The first-order chi connectivity index (χ1) is 11.3. The maximum atomic E-state index is 12.3. The molecule has 0 spiro atoms. The smallest absolute Gasteiger partial charge is 0.251 e. The molecule has 6 nitrogen and oxygen atoms in total. The van der Waals surface area contributed by atoms with Gasteiger partial charge in [0.25, 0.3) is 5.91 Å². The third kappa shape index (κ3) is 6.59. The van der Waals surface area contributed by atoms with Crippen molar-refractivity contribution >= 4 is 15.9 Å². The number of sulfonamides is 1. The Kier molecular flexibility index (Phi) is 8.38. The van der Waals surface area contributed by atoms with Crippen LogP contribution in [0.25, 0.3) is 0 Å². The molecule has 0 heterocycles. The number of methoxy groups -OCH3 is 1. The van der Waals surface area contributed by atoms with Gasteiger partial charge in [-0.15, -0.1) is 0 Å². The van der Waals surface area contributed by atoms with Crippen molar-refractivity contribution in [1.29, 1.82) is 0 Å². The minimum atomic E-state index is -3.65. The highest BCUT2D eigenvalue weighted by Crippen LogP contribution is 2.16. The number of amides is 1. The zero-order valence-corrected chi connectivity index (χ0v) is 15.7. The first-order valence-corrected chi connectivity index (χ1v) is 9.63. The molecule has 0 saturated heterocycles. The van der Waals surface area contributed by atoms with Crippen LogP contribution in [0.15, 0.2) is 23.1 Å². The Morgan fingerprint density at radius 3 is 2.58 bits per heavy atom. The molecule has 2 N–H and O–H groups in total. The summed E-state index contributed by atoms with van der Waals surface area (Å²) >= 11 is 0. The predicted molar refractivity (Wildman–Crippen MR) is 94.6 cm³/mol. The van der Waals surface area contributed by atoms with E-state index in [1.54, 1.807) is 13.0 Å². The zero-order valence-electron chi connectivity index (χ0n) is 14.9. The minimum Gasteiger partial charge on any atom is -0.383 e. The normalized spacial score (nSPS) is 11.7. The lowest BCUT2D eigenvalue weighted by Crippen LogP contribution is -2.28. The third-order valence-electron chi connectivity index (χ3n) is 3.61. The lowest BCUT2D eigenvalue weighted by Gasteiger charge is -2.11. The van der Waals surface area contributed by atoms with Crippen molar-refractivity contribution in [3.8, 4) is 0 Å². The summed E-state index contributed by atoms with van der Waals surface area (Å²) in [7, 11) is -2.15. The van der Waals surface area contributed by atoms with Crippen LogP contribution >= 0.6 is 0 Å². The van der Waals surface area contributed by atoms with Crippen LogP contribution in [0.4, 0.5) is 0 Å². The lowest BCUT2D eigenvalue weighted by molar-refractivity contribution is 0.0951. The van der Waals surface area contributed by atoms with Gasteiger partial charge in [0.1, 0.15) is 0 Å². The summed E-state index contributed by atoms with van der Waals surface area (Å²) in [6, 6.07) is 4.57. The Balaban J connectivity index is 2.80. The number of carbonyl (C=O) groups is 1. The number of hydrogen-bond acceptors (Lipinski definition) is 4. The molecule has 0 bridgehead atoms. The Morgan fingerprint density at radius 1 is 1.25 bits per heavy atom. The molecule has 0 aliphatic rings. The number of nitrogens with one attached hydrogen (secondary N) is 2. The maximum Gasteiger partial charge on any atom is 0.251 e. The number of rotatable bonds is 10. The van der Waals surface area contributed by atoms with Gasteiger partial charge < -0.3 is 10.1 Å². The summed E-state index contributed by atoms with van der Waals surface area (Å²) in [5.41, 5.74) is 1.13. The molecule has 0 radical (unpaired) electrons. The standard InChI is InChI=1S/C17H28N2O4S/c1-13(2)6-5-9-18-17(20)16-12-15(8-7-14(16)3)24(21,22)19-10-11-23-4/h7-8,12-13,19H,5-6,9-11H2,1-4H3,(H,18,20). The molecule has 0 unspecified atom stereocenters. The van der Waals surface area contributed by atoms with Crippen molar-refractivity contribution in [2.45, 2.75) is 38.5 Å². The first-order valence-electron chi connectivity index (χ1n) is 8.15. The number of aryl methyl sites for hydroxylation is 1. The molecular weight excluding hydrogens is 328 g/mol. The van der Waals surface area contributed by atoms with Crippen LogP contribution in [-0.4, -0.2) is 41.1 Å². The van der Waals surface area contributed by atoms with E-state index in [2.05, 4.69) is 23.9 Å². The fourth-order valence-corrected chi connectivity index (χ4v) is 3.22. The summed E-state index contributed by atoms with van der Waals surface area (Å²) in [5.74, 6) is 0.348. The fourth-order valence-electron chi connectivity index (χ4n) is 2.18. The van der Waals surface area contributed by atoms with E-state index < -0.39 is 10.0 Å². The summed E-state index contributed by atoms with van der Waals surface area (Å²) in [6.45, 7) is 7.11. The van der Waals surface area contributed by atoms with E-state index in [9.17, 15) is 13.2 Å². The SMILES string of the molecule is COCCNS(=O)(=O)c1ccc(C)c(C(=O)NCCCC(C)C)c1. The minimum absolute atomic E-state index is 0.0801. The highest BCUT2D eigenvalue weighted by molar-refractivity contribution is 7.89. The lowest BCUT2D eigenvalue weighted by atomic mass is 10.1. The van der Waals surface area contributed by atoms with Crippen LogP contribution in [0.2, 0.25) is 0 Å². The number of carbonyl (C=O) groups excluding carboxylic acids is 1. The van der Waals surface area contributed by atoms with Crippen molar-refractivity contribution in [2.75, 3.05) is 26.8 Å². The van der Waals surface area contributed by atoms with E-state index in [4.69, 9.17) is 4.74 Å². The van der Waals surface area contributed by atoms with Crippen LogP contribution in [0.3, 0.4) is 0 Å². The van der Waals surface area contributed by atoms with Crippen LogP contribution in [0.1, 0.15) is 42.6 Å². The van der Waals surface area contributed by atoms with E-state index in [1.165, 1.54) is 19.2 Å². The molecule has 1 rings (SSSR count). The van der Waals surface area contributed by atoms with E-state index in [-0.39, 0.29) is 24.0 Å². The maximum absolute atomic E-state index is 12.3. The fraction of sp³-hybridized carbons (Fsp3) is 0.588. The molecule has 0 aliphatic carbocycles. The van der Waals surface area contributed by atoms with Crippen molar-refractivity contribution in [3.05, 3.63) is 29.3 Å². The number of benzene rings is 1. The summed E-state index contributed by atoms with van der Waals surface area (Å²) in [5, 5.41) is 2.85. The van der Waals surface area contributed by atoms with Crippen molar-refractivity contribution < 1.29 is 17.9 Å². The van der Waals surface area contributed by atoms with Gasteiger partial charge in [0, 0.05) is 25.8 Å². The van der Waals surface area contributed by atoms with Gasteiger partial charge in [0.2, 0.25) is 10.0 Å². The molecule has 1 aromatic carbocycles. The Bertz CT molecular complexity index is 642. The Morgan fingerprint density at radius 2 is 1.96 bits per heavy atom. The number of ether oxygens (including phenoxy) is 1. The van der Waals surface area contributed by atoms with Gasteiger partial charge in [-0.05, 0) is 43.4 Å². The molecule has 1 amide bonds.